The highest BCUT2D eigenvalue weighted by Gasteiger charge is 2.27. The van der Waals surface area contributed by atoms with Crippen LogP contribution in [0.25, 0.3) is 16.5 Å². The van der Waals surface area contributed by atoms with E-state index in [1.54, 1.807) is 24.5 Å². The summed E-state index contributed by atoms with van der Waals surface area (Å²) in [6, 6.07) is 7.40. The van der Waals surface area contributed by atoms with Crippen molar-refractivity contribution in [2.24, 2.45) is 5.92 Å². The molecule has 3 aromatic rings. The largest absolute Gasteiger partial charge is 0.361 e. The van der Waals surface area contributed by atoms with Gasteiger partial charge >= 0.3 is 0 Å². The molecular weight excluding hydrogens is 408 g/mol. The Kier molecular flexibility index (Phi) is 5.84. The second-order valence-corrected chi connectivity index (χ2v) is 8.53. The van der Waals surface area contributed by atoms with Gasteiger partial charge in [-0.05, 0) is 54.2 Å². The minimum Gasteiger partial charge on any atom is -0.361 e. The third-order valence-corrected chi connectivity index (χ3v) is 6.24. The molecule has 1 aliphatic heterocycles. The van der Waals surface area contributed by atoms with Crippen LogP contribution in [0.3, 0.4) is 0 Å². The van der Waals surface area contributed by atoms with E-state index in [2.05, 4.69) is 28.7 Å². The summed E-state index contributed by atoms with van der Waals surface area (Å²) in [5, 5.41) is 1.70. The van der Waals surface area contributed by atoms with Crippen molar-refractivity contribution in [2.75, 3.05) is 18.0 Å². The van der Waals surface area contributed by atoms with Gasteiger partial charge in [-0.3, -0.25) is 0 Å². The van der Waals surface area contributed by atoms with Crippen molar-refractivity contribution in [1.82, 2.24) is 9.97 Å². The summed E-state index contributed by atoms with van der Waals surface area (Å²) in [7, 11) is 0. The number of rotatable bonds is 4. The van der Waals surface area contributed by atoms with Gasteiger partial charge in [0.05, 0.1) is 10.0 Å². The first-order chi connectivity index (χ1) is 14.0. The highest BCUT2D eigenvalue weighted by molar-refractivity contribution is 6.36. The fourth-order valence-corrected chi connectivity index (χ4v) is 4.73. The van der Waals surface area contributed by atoms with E-state index in [9.17, 15) is 0 Å². The summed E-state index contributed by atoms with van der Waals surface area (Å²) in [6.45, 7) is 5.91. The van der Waals surface area contributed by atoms with Crippen molar-refractivity contribution in [3.05, 3.63) is 63.7 Å². The summed E-state index contributed by atoms with van der Waals surface area (Å²) in [4.78, 5) is 9.72. The smallest absolute Gasteiger partial charge is 0.147 e. The minimum atomic E-state index is -0.147. The van der Waals surface area contributed by atoms with Crippen LogP contribution in [0, 0.1) is 11.7 Å². The molecule has 0 spiro atoms. The lowest BCUT2D eigenvalue weighted by Crippen LogP contribution is -2.36. The van der Waals surface area contributed by atoms with Gasteiger partial charge in [0.1, 0.15) is 11.6 Å². The number of anilines is 1. The highest BCUT2D eigenvalue weighted by Crippen LogP contribution is 2.38. The number of piperidine rings is 1. The molecule has 3 heterocycles. The van der Waals surface area contributed by atoms with Crippen LogP contribution < -0.4 is 4.90 Å². The van der Waals surface area contributed by atoms with Gasteiger partial charge in [0.2, 0.25) is 0 Å². The molecule has 4 rings (SSSR count). The molecule has 1 unspecified atom stereocenters. The van der Waals surface area contributed by atoms with E-state index in [-0.39, 0.29) is 5.82 Å². The fourth-order valence-electron chi connectivity index (χ4n) is 4.23. The first kappa shape index (κ1) is 20.2. The van der Waals surface area contributed by atoms with E-state index in [0.717, 1.165) is 42.7 Å². The lowest BCUT2D eigenvalue weighted by molar-refractivity contribution is 0.536. The van der Waals surface area contributed by atoms with Crippen LogP contribution in [0.5, 0.6) is 0 Å². The maximum Gasteiger partial charge on any atom is 0.147 e. The summed E-state index contributed by atoms with van der Waals surface area (Å²) in [5.41, 5.74) is 3.90. The van der Waals surface area contributed by atoms with Gasteiger partial charge in [0.25, 0.3) is 0 Å². The van der Waals surface area contributed by atoms with Crippen LogP contribution >= 0.6 is 23.2 Å². The zero-order valence-corrected chi connectivity index (χ0v) is 18.1. The monoisotopic (exact) mass is 431 g/mol. The molecule has 0 amide bonds. The van der Waals surface area contributed by atoms with E-state index < -0.39 is 0 Å². The molecule has 1 aliphatic rings. The Hall–Kier alpha value is -2.04. The summed E-state index contributed by atoms with van der Waals surface area (Å²) < 4.78 is 15.4. The molecule has 6 heteroatoms. The van der Waals surface area contributed by atoms with Crippen LogP contribution in [0.15, 0.2) is 42.2 Å². The molecule has 0 aliphatic carbocycles. The van der Waals surface area contributed by atoms with Gasteiger partial charge < -0.3 is 9.88 Å². The van der Waals surface area contributed by atoms with Crippen LogP contribution in [0.4, 0.5) is 10.2 Å². The van der Waals surface area contributed by atoms with Crippen molar-refractivity contribution in [1.29, 1.82) is 0 Å². The predicted molar refractivity (Wildman–Crippen MR) is 120 cm³/mol. The second-order valence-electron chi connectivity index (χ2n) is 7.69. The molecular formula is C23H24Cl2FN3. The molecule has 1 fully saturated rings. The normalized spacial score (nSPS) is 19.1. The number of aromatic nitrogens is 2. The van der Waals surface area contributed by atoms with Crippen molar-refractivity contribution in [3.8, 4) is 0 Å². The van der Waals surface area contributed by atoms with E-state index >= 15 is 4.39 Å². The van der Waals surface area contributed by atoms with E-state index in [1.807, 2.05) is 12.1 Å². The molecule has 0 radical (unpaired) electrons. The van der Waals surface area contributed by atoms with Gasteiger partial charge in [-0.2, -0.15) is 0 Å². The van der Waals surface area contributed by atoms with Gasteiger partial charge in [-0.25, -0.2) is 9.37 Å². The summed E-state index contributed by atoms with van der Waals surface area (Å²) >= 11 is 12.4. The lowest BCUT2D eigenvalue weighted by Gasteiger charge is -2.36. The van der Waals surface area contributed by atoms with Crippen molar-refractivity contribution in [2.45, 2.75) is 33.1 Å². The molecule has 0 bridgehead atoms. The first-order valence-electron chi connectivity index (χ1n) is 10.0. The van der Waals surface area contributed by atoms with Crippen molar-refractivity contribution in [3.63, 3.8) is 0 Å². The van der Waals surface area contributed by atoms with E-state index in [4.69, 9.17) is 23.2 Å². The number of nitrogens with one attached hydrogen (secondary N) is 1. The van der Waals surface area contributed by atoms with Crippen molar-refractivity contribution >= 4 is 45.5 Å². The Morgan fingerprint density at radius 3 is 2.90 bits per heavy atom. The number of benzene rings is 1. The molecule has 1 saturated heterocycles. The van der Waals surface area contributed by atoms with Crippen LogP contribution in [-0.4, -0.2) is 23.1 Å². The quantitative estimate of drug-likeness (QED) is 0.477. The predicted octanol–water partition coefficient (Wildman–Crippen LogP) is 7.11. The average Bonchev–Trinajstić information content (AvgIpc) is 3.18. The van der Waals surface area contributed by atoms with E-state index in [0.29, 0.717) is 33.5 Å². The minimum absolute atomic E-state index is 0.147. The molecule has 3 nitrogen and oxygen atoms in total. The van der Waals surface area contributed by atoms with E-state index in [1.165, 1.54) is 5.57 Å². The number of fused-ring (bicyclic) bond motifs is 1. The number of pyridine rings is 1. The SMILES string of the molecule is CCC/C(=C1/CN(c2ncc(Cl)cc2Cl)CCC1C)c1ccc2[nH]ccc2c1F. The lowest BCUT2D eigenvalue weighted by atomic mass is 9.84. The Balaban J connectivity index is 1.79. The summed E-state index contributed by atoms with van der Waals surface area (Å²) in [5.74, 6) is 0.963. The molecule has 0 saturated carbocycles. The van der Waals surface area contributed by atoms with Gasteiger partial charge in [0, 0.05) is 41.9 Å². The third kappa shape index (κ3) is 3.88. The third-order valence-electron chi connectivity index (χ3n) is 5.76. The Labute approximate surface area is 180 Å². The number of allylic oxidation sites excluding steroid dienone is 1. The molecule has 1 atom stereocenters. The van der Waals surface area contributed by atoms with Crippen molar-refractivity contribution < 1.29 is 4.39 Å². The first-order valence-corrected chi connectivity index (χ1v) is 10.8. The van der Waals surface area contributed by atoms with Crippen LogP contribution in [0.2, 0.25) is 10.0 Å². The number of hydrogen-bond acceptors (Lipinski definition) is 2. The standard InChI is InChI=1S/C23H24Cl2FN3/c1-3-4-16(17-5-6-21-18(22(17)26)7-9-27-21)19-13-29(10-8-14(19)2)23-20(25)11-15(24)12-28-23/h5-7,9,11-12,14,27H,3-4,8,10,13H2,1-2H3/b19-16+. The topological polar surface area (TPSA) is 31.9 Å². The Bertz CT molecular complexity index is 1070. The molecule has 1 aromatic carbocycles. The number of halogens is 3. The number of nitrogens with zero attached hydrogens (tertiary/aromatic N) is 2. The second kappa shape index (κ2) is 8.37. The maximum absolute atomic E-state index is 15.4. The fraction of sp³-hybridized carbons (Fsp3) is 0.348. The molecule has 29 heavy (non-hydrogen) atoms. The average molecular weight is 432 g/mol. The number of aromatic amines is 1. The number of H-pyrrole nitrogens is 1. The Morgan fingerprint density at radius 1 is 1.31 bits per heavy atom. The van der Waals surface area contributed by atoms with Gasteiger partial charge in [-0.1, -0.05) is 43.5 Å². The summed E-state index contributed by atoms with van der Waals surface area (Å²) in [6.07, 6.45) is 6.16. The zero-order valence-electron chi connectivity index (χ0n) is 16.6. The Morgan fingerprint density at radius 2 is 2.14 bits per heavy atom. The molecule has 152 valence electrons. The van der Waals surface area contributed by atoms with Gasteiger partial charge in [-0.15, -0.1) is 0 Å². The molecule has 2 aromatic heterocycles. The highest BCUT2D eigenvalue weighted by atomic mass is 35.5. The van der Waals surface area contributed by atoms with Crippen LogP contribution in [-0.2, 0) is 0 Å². The molecule has 1 N–H and O–H groups in total. The van der Waals surface area contributed by atoms with Gasteiger partial charge in [0.15, 0.2) is 0 Å². The van der Waals surface area contributed by atoms with Crippen LogP contribution in [0.1, 0.15) is 38.7 Å². The number of hydrogen-bond donors (Lipinski definition) is 1. The zero-order chi connectivity index (χ0) is 20.5. The maximum atomic E-state index is 15.4.